The average molecular weight is 396 g/mol. The molecule has 142 valence electrons. The van der Waals surface area contributed by atoms with Gasteiger partial charge < -0.3 is 15.2 Å². The SMILES string of the molecule is COc1ccccc1OCc1nc(SCc2ccccc2F)nc(N)c1C#N. The number of thioether (sulfide) groups is 1. The summed E-state index contributed by atoms with van der Waals surface area (Å²) in [5.74, 6) is 1.19. The van der Waals surface area contributed by atoms with Gasteiger partial charge in [0.25, 0.3) is 0 Å². The van der Waals surface area contributed by atoms with Crippen LogP contribution in [-0.2, 0) is 12.4 Å². The average Bonchev–Trinajstić information content (AvgIpc) is 2.71. The Morgan fingerprint density at radius 2 is 1.82 bits per heavy atom. The zero-order valence-electron chi connectivity index (χ0n) is 15.1. The van der Waals surface area contributed by atoms with Crippen LogP contribution in [0.2, 0.25) is 0 Å². The van der Waals surface area contributed by atoms with E-state index in [4.69, 9.17) is 15.2 Å². The lowest BCUT2D eigenvalue weighted by molar-refractivity contribution is 0.279. The van der Waals surface area contributed by atoms with E-state index in [2.05, 4.69) is 9.97 Å². The van der Waals surface area contributed by atoms with Crippen molar-refractivity contribution in [2.45, 2.75) is 17.5 Å². The molecule has 0 amide bonds. The van der Waals surface area contributed by atoms with Crippen LogP contribution in [-0.4, -0.2) is 17.1 Å². The summed E-state index contributed by atoms with van der Waals surface area (Å²) in [6.07, 6.45) is 0. The molecular formula is C20H17FN4O2S. The van der Waals surface area contributed by atoms with Crippen LogP contribution in [0.3, 0.4) is 0 Å². The number of benzene rings is 2. The number of rotatable bonds is 7. The maximum Gasteiger partial charge on any atom is 0.190 e. The number of ether oxygens (including phenoxy) is 2. The largest absolute Gasteiger partial charge is 0.493 e. The second-order valence-corrected chi connectivity index (χ2v) is 6.59. The first-order valence-electron chi connectivity index (χ1n) is 8.31. The molecule has 0 aliphatic carbocycles. The number of aromatic nitrogens is 2. The van der Waals surface area contributed by atoms with Crippen LogP contribution in [0.25, 0.3) is 0 Å². The molecule has 28 heavy (non-hydrogen) atoms. The minimum Gasteiger partial charge on any atom is -0.493 e. The summed E-state index contributed by atoms with van der Waals surface area (Å²) in [7, 11) is 1.54. The number of hydrogen-bond donors (Lipinski definition) is 1. The molecule has 2 aromatic carbocycles. The van der Waals surface area contributed by atoms with Crippen LogP contribution in [0.5, 0.6) is 11.5 Å². The van der Waals surface area contributed by atoms with Gasteiger partial charge in [-0.05, 0) is 23.8 Å². The summed E-state index contributed by atoms with van der Waals surface area (Å²) >= 11 is 1.23. The number of methoxy groups -OCH3 is 1. The lowest BCUT2D eigenvalue weighted by Gasteiger charge is -2.12. The predicted octanol–water partition coefficient (Wildman–Crippen LogP) is 3.95. The molecule has 6 nitrogen and oxygen atoms in total. The Labute approximate surface area is 166 Å². The zero-order chi connectivity index (χ0) is 19.9. The first-order valence-corrected chi connectivity index (χ1v) is 9.29. The highest BCUT2D eigenvalue weighted by Gasteiger charge is 2.15. The molecule has 0 aliphatic heterocycles. The molecule has 0 aliphatic rings. The smallest absolute Gasteiger partial charge is 0.190 e. The van der Waals surface area contributed by atoms with E-state index >= 15 is 0 Å². The molecule has 1 heterocycles. The summed E-state index contributed by atoms with van der Waals surface area (Å²) in [5.41, 5.74) is 6.96. The molecule has 3 aromatic rings. The molecule has 3 rings (SSSR count). The van der Waals surface area contributed by atoms with Crippen molar-refractivity contribution in [2.24, 2.45) is 0 Å². The number of halogens is 1. The molecule has 0 radical (unpaired) electrons. The van der Waals surface area contributed by atoms with Crippen LogP contribution >= 0.6 is 11.8 Å². The van der Waals surface area contributed by atoms with E-state index < -0.39 is 0 Å². The van der Waals surface area contributed by atoms with Crippen molar-refractivity contribution in [3.8, 4) is 17.6 Å². The van der Waals surface area contributed by atoms with E-state index in [-0.39, 0.29) is 23.8 Å². The fourth-order valence-corrected chi connectivity index (χ4v) is 3.29. The van der Waals surface area contributed by atoms with Gasteiger partial charge in [0.15, 0.2) is 16.7 Å². The molecule has 0 unspecified atom stereocenters. The van der Waals surface area contributed by atoms with Crippen molar-refractivity contribution in [2.75, 3.05) is 12.8 Å². The van der Waals surface area contributed by atoms with Crippen molar-refractivity contribution in [1.29, 1.82) is 5.26 Å². The number of nitriles is 1. The molecule has 8 heteroatoms. The molecule has 0 saturated carbocycles. The quantitative estimate of drug-likeness (QED) is 0.477. The third kappa shape index (κ3) is 4.50. The van der Waals surface area contributed by atoms with Gasteiger partial charge in [0.05, 0.1) is 7.11 Å². The highest BCUT2D eigenvalue weighted by molar-refractivity contribution is 7.98. The molecule has 1 aromatic heterocycles. The Hall–Kier alpha value is -3.31. The van der Waals surface area contributed by atoms with Crippen LogP contribution in [0.1, 0.15) is 16.8 Å². The van der Waals surface area contributed by atoms with Gasteiger partial charge in [-0.25, -0.2) is 14.4 Å². The third-order valence-corrected chi connectivity index (χ3v) is 4.75. The van der Waals surface area contributed by atoms with Crippen molar-refractivity contribution >= 4 is 17.6 Å². The molecule has 0 saturated heterocycles. The van der Waals surface area contributed by atoms with Gasteiger partial charge in [0.2, 0.25) is 0 Å². The van der Waals surface area contributed by atoms with E-state index in [0.717, 1.165) is 0 Å². The molecule has 2 N–H and O–H groups in total. The minimum atomic E-state index is -0.295. The molecule has 0 bridgehead atoms. The van der Waals surface area contributed by atoms with Gasteiger partial charge >= 0.3 is 0 Å². The van der Waals surface area contributed by atoms with Crippen LogP contribution in [0.15, 0.2) is 53.7 Å². The summed E-state index contributed by atoms with van der Waals surface area (Å²) in [4.78, 5) is 8.52. The van der Waals surface area contributed by atoms with Crippen LogP contribution in [0, 0.1) is 17.1 Å². The Morgan fingerprint density at radius 1 is 1.11 bits per heavy atom. The van der Waals surface area contributed by atoms with Crippen molar-refractivity contribution < 1.29 is 13.9 Å². The van der Waals surface area contributed by atoms with Crippen molar-refractivity contribution in [3.63, 3.8) is 0 Å². The highest BCUT2D eigenvalue weighted by Crippen LogP contribution is 2.28. The molecule has 0 atom stereocenters. The summed E-state index contributed by atoms with van der Waals surface area (Å²) in [6, 6.07) is 15.7. The van der Waals surface area contributed by atoms with Gasteiger partial charge in [-0.15, -0.1) is 0 Å². The second-order valence-electron chi connectivity index (χ2n) is 5.64. The predicted molar refractivity (Wildman–Crippen MR) is 104 cm³/mol. The van der Waals surface area contributed by atoms with E-state index in [9.17, 15) is 9.65 Å². The van der Waals surface area contributed by atoms with Gasteiger partial charge in [-0.1, -0.05) is 42.1 Å². The fraction of sp³-hybridized carbons (Fsp3) is 0.150. The summed E-state index contributed by atoms with van der Waals surface area (Å²) in [5, 5.41) is 9.73. The number of nitrogens with two attached hydrogens (primary N) is 1. The summed E-state index contributed by atoms with van der Waals surface area (Å²) < 4.78 is 24.8. The first-order chi connectivity index (χ1) is 13.6. The van der Waals surface area contributed by atoms with Crippen molar-refractivity contribution in [3.05, 3.63) is 71.2 Å². The molecule has 0 fully saturated rings. The van der Waals surface area contributed by atoms with E-state index in [0.29, 0.717) is 33.7 Å². The summed E-state index contributed by atoms with van der Waals surface area (Å²) in [6.45, 7) is 0.0171. The lowest BCUT2D eigenvalue weighted by atomic mass is 10.2. The maximum atomic E-state index is 13.8. The van der Waals surface area contributed by atoms with Gasteiger partial charge in [0.1, 0.15) is 35.6 Å². The number of para-hydroxylation sites is 2. The number of hydrogen-bond acceptors (Lipinski definition) is 7. The normalized spacial score (nSPS) is 10.3. The highest BCUT2D eigenvalue weighted by atomic mass is 32.2. The maximum absolute atomic E-state index is 13.8. The van der Waals surface area contributed by atoms with Gasteiger partial charge in [-0.3, -0.25) is 0 Å². The lowest BCUT2D eigenvalue weighted by Crippen LogP contribution is -2.08. The van der Waals surface area contributed by atoms with Gasteiger partial charge in [-0.2, -0.15) is 5.26 Å². The second kappa shape index (κ2) is 9.06. The topological polar surface area (TPSA) is 94.1 Å². The van der Waals surface area contributed by atoms with Crippen LogP contribution in [0.4, 0.5) is 10.2 Å². The standard InChI is InChI=1S/C20H17FN4O2S/c1-26-17-8-4-5-9-18(17)27-11-16-14(10-22)19(23)25-20(24-16)28-12-13-6-2-3-7-15(13)21/h2-9H,11-12H2,1H3,(H2,23,24,25). The Bertz CT molecular complexity index is 1020. The monoisotopic (exact) mass is 396 g/mol. The zero-order valence-corrected chi connectivity index (χ0v) is 15.9. The molecule has 0 spiro atoms. The van der Waals surface area contributed by atoms with E-state index in [1.807, 2.05) is 18.2 Å². The minimum absolute atomic E-state index is 0.0171. The Morgan fingerprint density at radius 3 is 2.54 bits per heavy atom. The number of anilines is 1. The number of nitrogen functional groups attached to an aromatic ring is 1. The van der Waals surface area contributed by atoms with E-state index in [1.165, 1.54) is 17.8 Å². The Kier molecular flexibility index (Phi) is 6.29. The third-order valence-electron chi connectivity index (χ3n) is 3.85. The first kappa shape index (κ1) is 19.5. The van der Waals surface area contributed by atoms with Crippen molar-refractivity contribution in [1.82, 2.24) is 9.97 Å². The fourth-order valence-electron chi connectivity index (χ4n) is 2.44. The van der Waals surface area contributed by atoms with Gasteiger partial charge in [0, 0.05) is 5.75 Å². The number of nitrogens with zero attached hydrogens (tertiary/aromatic N) is 3. The van der Waals surface area contributed by atoms with Crippen LogP contribution < -0.4 is 15.2 Å². The Balaban J connectivity index is 1.80. The van der Waals surface area contributed by atoms with E-state index in [1.54, 1.807) is 37.4 Å². The molecular weight excluding hydrogens is 379 g/mol.